The van der Waals surface area contributed by atoms with Gasteiger partial charge in [0, 0.05) is 24.1 Å². The highest BCUT2D eigenvalue weighted by Crippen LogP contribution is 2.31. The molecule has 0 atom stereocenters. The predicted octanol–water partition coefficient (Wildman–Crippen LogP) is 4.43. The molecule has 0 saturated heterocycles. The van der Waals surface area contributed by atoms with E-state index in [0.717, 1.165) is 10.8 Å². The molecule has 1 aromatic heterocycles. The molecule has 1 aliphatic rings. The van der Waals surface area contributed by atoms with Gasteiger partial charge in [-0.15, -0.1) is 0 Å². The van der Waals surface area contributed by atoms with E-state index < -0.39 is 0 Å². The Kier molecular flexibility index (Phi) is 5.39. The summed E-state index contributed by atoms with van der Waals surface area (Å²) in [4.78, 5) is 16.5. The standard InChI is InChI=1S/C18H23N3OS/c1-14-7-9-15(10-8-14)20-17(22)13-23-18-19-11-12-21(18)16-5-3-2-4-6-16/h7-12,16H,2-6,13H2,1H3,(H,20,22). The molecule has 0 bridgehead atoms. The number of thioether (sulfide) groups is 1. The van der Waals surface area contributed by atoms with Crippen LogP contribution in [0.5, 0.6) is 0 Å². The lowest BCUT2D eigenvalue weighted by Crippen LogP contribution is -2.16. The molecular weight excluding hydrogens is 306 g/mol. The van der Waals surface area contributed by atoms with E-state index in [1.54, 1.807) is 0 Å². The van der Waals surface area contributed by atoms with Gasteiger partial charge in [-0.2, -0.15) is 0 Å². The lowest BCUT2D eigenvalue weighted by molar-refractivity contribution is -0.113. The van der Waals surface area contributed by atoms with Crippen molar-refractivity contribution in [2.24, 2.45) is 0 Å². The van der Waals surface area contributed by atoms with Crippen LogP contribution in [-0.4, -0.2) is 21.2 Å². The van der Waals surface area contributed by atoms with Crippen molar-refractivity contribution in [3.05, 3.63) is 42.2 Å². The molecule has 1 amide bonds. The molecular formula is C18H23N3OS. The van der Waals surface area contributed by atoms with E-state index in [-0.39, 0.29) is 5.91 Å². The number of nitrogens with one attached hydrogen (secondary N) is 1. The molecule has 0 spiro atoms. The van der Waals surface area contributed by atoms with Gasteiger partial charge in [-0.3, -0.25) is 4.79 Å². The number of imidazole rings is 1. The number of carbonyl (C=O) groups is 1. The molecule has 1 aromatic carbocycles. The quantitative estimate of drug-likeness (QED) is 0.826. The average molecular weight is 329 g/mol. The van der Waals surface area contributed by atoms with E-state index in [9.17, 15) is 4.79 Å². The molecule has 3 rings (SSSR count). The number of hydrogen-bond donors (Lipinski definition) is 1. The summed E-state index contributed by atoms with van der Waals surface area (Å²) in [7, 11) is 0. The first kappa shape index (κ1) is 16.1. The second-order valence-corrected chi connectivity index (χ2v) is 7.05. The Morgan fingerprint density at radius 1 is 1.26 bits per heavy atom. The van der Waals surface area contributed by atoms with E-state index in [1.807, 2.05) is 37.4 Å². The predicted molar refractivity (Wildman–Crippen MR) is 94.9 cm³/mol. The summed E-state index contributed by atoms with van der Waals surface area (Å²) in [5.41, 5.74) is 2.03. The first-order chi connectivity index (χ1) is 11.2. The minimum Gasteiger partial charge on any atom is -0.325 e. The zero-order chi connectivity index (χ0) is 16.1. The first-order valence-corrected chi connectivity index (χ1v) is 9.23. The van der Waals surface area contributed by atoms with Gasteiger partial charge in [0.05, 0.1) is 5.75 Å². The van der Waals surface area contributed by atoms with Gasteiger partial charge in [-0.05, 0) is 31.9 Å². The van der Waals surface area contributed by atoms with Crippen LogP contribution in [0, 0.1) is 6.92 Å². The number of rotatable bonds is 5. The summed E-state index contributed by atoms with van der Waals surface area (Å²) in [6, 6.07) is 8.41. The fourth-order valence-corrected chi connectivity index (χ4v) is 3.84. The molecule has 2 aromatic rings. The Bertz CT molecular complexity index is 645. The van der Waals surface area contributed by atoms with Crippen LogP contribution in [-0.2, 0) is 4.79 Å². The molecule has 1 fully saturated rings. The number of nitrogens with zero attached hydrogens (tertiary/aromatic N) is 2. The second-order valence-electron chi connectivity index (χ2n) is 6.11. The smallest absolute Gasteiger partial charge is 0.234 e. The Labute approximate surface area is 141 Å². The fraction of sp³-hybridized carbons (Fsp3) is 0.444. The van der Waals surface area contributed by atoms with Crippen molar-refractivity contribution in [3.63, 3.8) is 0 Å². The third-order valence-electron chi connectivity index (χ3n) is 4.27. The maximum absolute atomic E-state index is 12.1. The van der Waals surface area contributed by atoms with Crippen LogP contribution < -0.4 is 5.32 Å². The van der Waals surface area contributed by atoms with E-state index in [4.69, 9.17) is 0 Å². The van der Waals surface area contributed by atoms with Crippen LogP contribution in [0.3, 0.4) is 0 Å². The zero-order valence-corrected chi connectivity index (χ0v) is 14.3. The number of hydrogen-bond acceptors (Lipinski definition) is 3. The van der Waals surface area contributed by atoms with Crippen LogP contribution in [0.2, 0.25) is 0 Å². The minimum absolute atomic E-state index is 0.0112. The number of amides is 1. The van der Waals surface area contributed by atoms with Gasteiger partial charge in [0.15, 0.2) is 5.16 Å². The molecule has 122 valence electrons. The van der Waals surface area contributed by atoms with E-state index >= 15 is 0 Å². The normalized spacial score (nSPS) is 15.5. The maximum Gasteiger partial charge on any atom is 0.234 e. The lowest BCUT2D eigenvalue weighted by Gasteiger charge is -2.24. The molecule has 0 aliphatic heterocycles. The SMILES string of the molecule is Cc1ccc(NC(=O)CSc2nccn2C2CCCCC2)cc1. The van der Waals surface area contributed by atoms with Gasteiger partial charge in [0.25, 0.3) is 0 Å². The molecule has 1 saturated carbocycles. The summed E-state index contributed by atoms with van der Waals surface area (Å²) in [6.45, 7) is 2.03. The van der Waals surface area contributed by atoms with Crippen LogP contribution in [0.25, 0.3) is 0 Å². The van der Waals surface area contributed by atoms with Gasteiger partial charge < -0.3 is 9.88 Å². The minimum atomic E-state index is 0.0112. The van der Waals surface area contributed by atoms with Gasteiger partial charge in [0.2, 0.25) is 5.91 Å². The van der Waals surface area contributed by atoms with Gasteiger partial charge in [-0.25, -0.2) is 4.98 Å². The summed E-state index contributed by atoms with van der Waals surface area (Å²) >= 11 is 1.52. The van der Waals surface area contributed by atoms with E-state index in [1.165, 1.54) is 49.4 Å². The second kappa shape index (κ2) is 7.68. The Morgan fingerprint density at radius 3 is 2.74 bits per heavy atom. The fourth-order valence-electron chi connectivity index (χ4n) is 3.01. The largest absolute Gasteiger partial charge is 0.325 e. The third kappa shape index (κ3) is 4.38. The van der Waals surface area contributed by atoms with Crippen molar-refractivity contribution >= 4 is 23.4 Å². The summed E-state index contributed by atoms with van der Waals surface area (Å²) in [6.07, 6.45) is 10.3. The van der Waals surface area contributed by atoms with Crippen molar-refractivity contribution in [2.75, 3.05) is 11.1 Å². The molecule has 4 nitrogen and oxygen atoms in total. The maximum atomic E-state index is 12.1. The number of aromatic nitrogens is 2. The van der Waals surface area contributed by atoms with Crippen molar-refractivity contribution in [1.29, 1.82) is 0 Å². The number of aryl methyl sites for hydroxylation is 1. The Hall–Kier alpha value is -1.75. The zero-order valence-electron chi connectivity index (χ0n) is 13.5. The van der Waals surface area contributed by atoms with Gasteiger partial charge in [-0.1, -0.05) is 48.7 Å². The third-order valence-corrected chi connectivity index (χ3v) is 5.25. The van der Waals surface area contributed by atoms with Crippen molar-refractivity contribution in [1.82, 2.24) is 9.55 Å². The summed E-state index contributed by atoms with van der Waals surface area (Å²) < 4.78 is 2.25. The number of anilines is 1. The Morgan fingerprint density at radius 2 is 2.00 bits per heavy atom. The lowest BCUT2D eigenvalue weighted by atomic mass is 9.95. The van der Waals surface area contributed by atoms with Crippen molar-refractivity contribution in [2.45, 2.75) is 50.2 Å². The van der Waals surface area contributed by atoms with Crippen molar-refractivity contribution < 1.29 is 4.79 Å². The Balaban J connectivity index is 1.55. The van der Waals surface area contributed by atoms with Crippen LogP contribution in [0.15, 0.2) is 41.8 Å². The highest BCUT2D eigenvalue weighted by molar-refractivity contribution is 7.99. The molecule has 5 heteroatoms. The number of benzene rings is 1. The van der Waals surface area contributed by atoms with Crippen LogP contribution in [0.4, 0.5) is 5.69 Å². The molecule has 1 N–H and O–H groups in total. The average Bonchev–Trinajstić information content (AvgIpc) is 3.04. The summed E-state index contributed by atoms with van der Waals surface area (Å²) in [5.74, 6) is 0.398. The topological polar surface area (TPSA) is 46.9 Å². The highest BCUT2D eigenvalue weighted by atomic mass is 32.2. The molecule has 23 heavy (non-hydrogen) atoms. The number of carbonyl (C=O) groups excluding carboxylic acids is 1. The summed E-state index contributed by atoms with van der Waals surface area (Å²) in [5, 5.41) is 3.89. The van der Waals surface area contributed by atoms with Crippen LogP contribution >= 0.6 is 11.8 Å². The van der Waals surface area contributed by atoms with E-state index in [0.29, 0.717) is 11.8 Å². The van der Waals surface area contributed by atoms with Crippen LogP contribution in [0.1, 0.15) is 43.7 Å². The van der Waals surface area contributed by atoms with E-state index in [2.05, 4.69) is 21.1 Å². The highest BCUT2D eigenvalue weighted by Gasteiger charge is 2.18. The first-order valence-electron chi connectivity index (χ1n) is 8.24. The van der Waals surface area contributed by atoms with Gasteiger partial charge in [0.1, 0.15) is 0 Å². The monoisotopic (exact) mass is 329 g/mol. The molecule has 1 heterocycles. The molecule has 0 radical (unpaired) electrons. The molecule has 0 unspecified atom stereocenters. The molecule has 1 aliphatic carbocycles. The van der Waals surface area contributed by atoms with Gasteiger partial charge >= 0.3 is 0 Å². The van der Waals surface area contributed by atoms with Crippen molar-refractivity contribution in [3.8, 4) is 0 Å².